The molecule has 0 aliphatic heterocycles. The van der Waals surface area contributed by atoms with Gasteiger partial charge in [-0.3, -0.25) is 0 Å². The van der Waals surface area contributed by atoms with Gasteiger partial charge in [0.05, 0.1) is 0 Å². The first-order valence-corrected chi connectivity index (χ1v) is 9.74. The molecule has 1 aromatic rings. The highest BCUT2D eigenvalue weighted by Crippen LogP contribution is 2.37. The van der Waals surface area contributed by atoms with Crippen LogP contribution in [0.2, 0.25) is 0 Å². The summed E-state index contributed by atoms with van der Waals surface area (Å²) in [5.41, 5.74) is 2.98. The van der Waals surface area contributed by atoms with Gasteiger partial charge in [0, 0.05) is 0 Å². The zero-order chi connectivity index (χ0) is 17.9. The molecule has 0 spiro atoms. The number of hydrogen-bond acceptors (Lipinski definition) is 1. The van der Waals surface area contributed by atoms with E-state index in [1.807, 2.05) is 6.08 Å². The summed E-state index contributed by atoms with van der Waals surface area (Å²) in [6.45, 7) is 2.24. The van der Waals surface area contributed by atoms with E-state index in [9.17, 15) is 4.39 Å². The van der Waals surface area contributed by atoms with Gasteiger partial charge in [-0.05, 0) is 80.4 Å². The van der Waals surface area contributed by atoms with Crippen LogP contribution in [-0.2, 0) is 6.42 Å². The Morgan fingerprint density at radius 1 is 1.20 bits per heavy atom. The molecule has 0 amide bonds. The molecular weight excluding hydrogens is 309 g/mol. The first kappa shape index (κ1) is 19.4. The van der Waals surface area contributed by atoms with Gasteiger partial charge in [0.2, 0.25) is 0 Å². The maximum Gasteiger partial charge on any atom is 0.199 e. The van der Waals surface area contributed by atoms with E-state index in [0.717, 1.165) is 18.3 Å². The van der Waals surface area contributed by atoms with Gasteiger partial charge in [-0.25, -0.2) is 0 Å². The molecule has 0 atom stereocenters. The minimum atomic E-state index is -0.725. The molecule has 0 aromatic heterocycles. The Labute approximate surface area is 152 Å². The average Bonchev–Trinajstić information content (AvgIpc) is 2.67. The molecule has 1 aliphatic carbocycles. The highest BCUT2D eigenvalue weighted by atomic mass is 19.1. The standard InChI is InChI=1S/C23H30FN/c1-2-3-7-19-10-14-21(15-11-19)22-16-12-20(13-17-22)8-5-4-6-9-23(24)18-25/h4,6,9-11,14-15,20,22H,2-3,5,7-8,12-13,16-17H2,1H3. The number of hydrogen-bond donors (Lipinski definition) is 0. The van der Waals surface area contributed by atoms with Crippen LogP contribution in [0.3, 0.4) is 0 Å². The molecule has 1 aromatic carbocycles. The van der Waals surface area contributed by atoms with Gasteiger partial charge in [-0.1, -0.05) is 49.8 Å². The number of rotatable bonds is 8. The van der Waals surface area contributed by atoms with Crippen molar-refractivity contribution in [2.75, 3.05) is 0 Å². The Hall–Kier alpha value is -1.88. The van der Waals surface area contributed by atoms with Crippen LogP contribution in [-0.4, -0.2) is 0 Å². The number of unbranched alkanes of at least 4 members (excludes halogenated alkanes) is 1. The Kier molecular flexibility index (Phi) is 8.46. The monoisotopic (exact) mass is 339 g/mol. The fourth-order valence-corrected chi connectivity index (χ4v) is 3.74. The van der Waals surface area contributed by atoms with Gasteiger partial charge in [0.15, 0.2) is 5.83 Å². The number of benzene rings is 1. The van der Waals surface area contributed by atoms with Crippen molar-refractivity contribution in [1.29, 1.82) is 5.26 Å². The first-order valence-electron chi connectivity index (χ1n) is 9.74. The molecule has 1 saturated carbocycles. The van der Waals surface area contributed by atoms with Gasteiger partial charge >= 0.3 is 0 Å². The molecule has 25 heavy (non-hydrogen) atoms. The smallest absolute Gasteiger partial charge is 0.195 e. The third-order valence-electron chi connectivity index (χ3n) is 5.34. The van der Waals surface area contributed by atoms with Crippen LogP contribution >= 0.6 is 0 Å². The van der Waals surface area contributed by atoms with Crippen molar-refractivity contribution in [3.8, 4) is 6.07 Å². The van der Waals surface area contributed by atoms with E-state index >= 15 is 0 Å². The minimum Gasteiger partial charge on any atom is -0.195 e. The highest BCUT2D eigenvalue weighted by Gasteiger charge is 2.21. The van der Waals surface area contributed by atoms with E-state index in [4.69, 9.17) is 5.26 Å². The molecule has 2 rings (SSSR count). The second-order valence-electron chi connectivity index (χ2n) is 7.19. The number of allylic oxidation sites excluding steroid dienone is 4. The van der Waals surface area contributed by atoms with E-state index in [1.54, 1.807) is 6.08 Å². The van der Waals surface area contributed by atoms with Crippen molar-refractivity contribution in [3.63, 3.8) is 0 Å². The summed E-state index contributed by atoms with van der Waals surface area (Å²) in [5, 5.41) is 8.34. The molecule has 0 radical (unpaired) electrons. The van der Waals surface area contributed by atoms with Gasteiger partial charge in [0.25, 0.3) is 0 Å². The molecule has 2 heteroatoms. The fraction of sp³-hybridized carbons (Fsp3) is 0.522. The fourth-order valence-electron chi connectivity index (χ4n) is 3.74. The van der Waals surface area contributed by atoms with Gasteiger partial charge in [-0.2, -0.15) is 9.65 Å². The Balaban J connectivity index is 1.71. The van der Waals surface area contributed by atoms with Gasteiger partial charge in [-0.15, -0.1) is 0 Å². The summed E-state index contributed by atoms with van der Waals surface area (Å²) in [6, 6.07) is 10.8. The van der Waals surface area contributed by atoms with Crippen LogP contribution in [0, 0.1) is 17.2 Å². The van der Waals surface area contributed by atoms with Gasteiger partial charge < -0.3 is 0 Å². The molecule has 1 aliphatic rings. The van der Waals surface area contributed by atoms with Crippen LogP contribution in [0.25, 0.3) is 0 Å². The molecule has 134 valence electrons. The molecule has 0 N–H and O–H groups in total. The van der Waals surface area contributed by atoms with Crippen molar-refractivity contribution >= 4 is 0 Å². The predicted octanol–water partition coefficient (Wildman–Crippen LogP) is 7.02. The van der Waals surface area contributed by atoms with Crippen molar-refractivity contribution < 1.29 is 4.39 Å². The second-order valence-corrected chi connectivity index (χ2v) is 7.19. The van der Waals surface area contributed by atoms with E-state index in [2.05, 4.69) is 31.2 Å². The van der Waals surface area contributed by atoms with Crippen molar-refractivity contribution in [3.05, 3.63) is 59.4 Å². The van der Waals surface area contributed by atoms with Crippen LogP contribution in [0.5, 0.6) is 0 Å². The third-order valence-corrected chi connectivity index (χ3v) is 5.34. The van der Waals surface area contributed by atoms with E-state index in [1.165, 1.54) is 74.6 Å². The summed E-state index contributed by atoms with van der Waals surface area (Å²) in [7, 11) is 0. The lowest BCUT2D eigenvalue weighted by Gasteiger charge is -2.28. The summed E-state index contributed by atoms with van der Waals surface area (Å²) < 4.78 is 12.7. The molecule has 0 bridgehead atoms. The van der Waals surface area contributed by atoms with Crippen LogP contribution < -0.4 is 0 Å². The SMILES string of the molecule is CCCCc1ccc(C2CCC(CCC=CC=C(F)C#N)CC2)cc1. The average molecular weight is 339 g/mol. The number of nitriles is 1. The first-order chi connectivity index (χ1) is 12.2. The summed E-state index contributed by atoms with van der Waals surface area (Å²) in [5.74, 6) is 0.784. The lowest BCUT2D eigenvalue weighted by Crippen LogP contribution is -2.13. The number of nitrogens with zero attached hydrogens (tertiary/aromatic N) is 1. The second kappa shape index (κ2) is 10.9. The normalized spacial score (nSPS) is 21.4. The van der Waals surface area contributed by atoms with Crippen LogP contribution in [0.4, 0.5) is 4.39 Å². The number of aryl methyl sites for hydroxylation is 1. The molecule has 0 saturated heterocycles. The molecule has 0 unspecified atom stereocenters. The Morgan fingerprint density at radius 2 is 1.92 bits per heavy atom. The Morgan fingerprint density at radius 3 is 2.56 bits per heavy atom. The quantitative estimate of drug-likeness (QED) is 0.369. The Bertz CT molecular complexity index is 598. The van der Waals surface area contributed by atoms with Crippen molar-refractivity contribution in [2.24, 2.45) is 5.92 Å². The van der Waals surface area contributed by atoms with Crippen molar-refractivity contribution in [1.82, 2.24) is 0 Å². The number of halogens is 1. The maximum absolute atomic E-state index is 12.7. The summed E-state index contributed by atoms with van der Waals surface area (Å²) >= 11 is 0. The highest BCUT2D eigenvalue weighted by molar-refractivity contribution is 5.26. The van der Waals surface area contributed by atoms with Crippen molar-refractivity contribution in [2.45, 2.75) is 70.6 Å². The molecule has 1 nitrogen and oxygen atoms in total. The molecule has 0 heterocycles. The molecular formula is C23H30FN. The van der Waals surface area contributed by atoms with Gasteiger partial charge in [0.1, 0.15) is 6.07 Å². The minimum absolute atomic E-state index is 0.722. The third kappa shape index (κ3) is 6.86. The topological polar surface area (TPSA) is 23.8 Å². The summed E-state index contributed by atoms with van der Waals surface area (Å²) in [4.78, 5) is 0. The van der Waals surface area contributed by atoms with Crippen LogP contribution in [0.15, 0.2) is 48.3 Å². The zero-order valence-corrected chi connectivity index (χ0v) is 15.4. The lowest BCUT2D eigenvalue weighted by atomic mass is 9.77. The maximum atomic E-state index is 12.7. The van der Waals surface area contributed by atoms with Crippen LogP contribution in [0.1, 0.15) is 75.3 Å². The largest absolute Gasteiger partial charge is 0.199 e. The van der Waals surface area contributed by atoms with E-state index in [-0.39, 0.29) is 0 Å². The lowest BCUT2D eigenvalue weighted by molar-refractivity contribution is 0.312. The summed E-state index contributed by atoms with van der Waals surface area (Å²) in [6.07, 6.45) is 15.9. The predicted molar refractivity (Wildman–Crippen MR) is 103 cm³/mol. The molecule has 1 fully saturated rings. The zero-order valence-electron chi connectivity index (χ0n) is 15.4. The van der Waals surface area contributed by atoms with E-state index in [0.29, 0.717) is 0 Å². The van der Waals surface area contributed by atoms with E-state index < -0.39 is 5.83 Å².